The molecule has 6 nitrogen and oxygen atoms in total. The second-order valence-corrected chi connectivity index (χ2v) is 6.80. The zero-order valence-electron chi connectivity index (χ0n) is 11.3. The summed E-state index contributed by atoms with van der Waals surface area (Å²) in [5.74, 6) is -1.35. The number of hydrogen-bond donors (Lipinski definition) is 2. The number of fused-ring (bicyclic) bond motifs is 1. The Hall–Kier alpha value is -1.05. The van der Waals surface area contributed by atoms with Crippen molar-refractivity contribution in [2.75, 3.05) is 13.2 Å². The Bertz CT molecular complexity index is 511. The van der Waals surface area contributed by atoms with Gasteiger partial charge in [-0.05, 0) is 20.3 Å². The summed E-state index contributed by atoms with van der Waals surface area (Å²) in [4.78, 5) is 25.9. The van der Waals surface area contributed by atoms with Crippen LogP contribution >= 0.6 is 11.8 Å². The molecule has 0 radical (unpaired) electrons. The quantitative estimate of drug-likeness (QED) is 0.743. The van der Waals surface area contributed by atoms with E-state index in [1.165, 1.54) is 16.7 Å². The number of hydrogen-bond acceptors (Lipinski definition) is 5. The van der Waals surface area contributed by atoms with E-state index >= 15 is 0 Å². The van der Waals surface area contributed by atoms with Crippen LogP contribution in [0, 0.1) is 11.3 Å². The van der Waals surface area contributed by atoms with Gasteiger partial charge in [-0.1, -0.05) is 0 Å². The first kappa shape index (κ1) is 13.9. The van der Waals surface area contributed by atoms with Gasteiger partial charge in [0.25, 0.3) is 0 Å². The Morgan fingerprint density at radius 3 is 2.80 bits per heavy atom. The molecule has 3 heterocycles. The van der Waals surface area contributed by atoms with Crippen molar-refractivity contribution in [3.05, 3.63) is 10.6 Å². The third-order valence-electron chi connectivity index (χ3n) is 4.51. The number of rotatable bonds is 3. The highest BCUT2D eigenvalue weighted by atomic mass is 32.2. The molecular weight excluding hydrogens is 282 g/mol. The van der Waals surface area contributed by atoms with E-state index in [9.17, 15) is 19.8 Å². The number of β-lactam (4-membered cyclic amide) rings is 1. The zero-order valence-corrected chi connectivity index (χ0v) is 12.1. The molecule has 1 amide bonds. The third-order valence-corrected chi connectivity index (χ3v) is 6.22. The fourth-order valence-corrected chi connectivity index (χ4v) is 4.75. The lowest BCUT2D eigenvalue weighted by molar-refractivity contribution is -0.170. The molecule has 2 saturated heterocycles. The van der Waals surface area contributed by atoms with Crippen molar-refractivity contribution >= 4 is 23.6 Å². The number of thioether (sulfide) groups is 1. The largest absolute Gasteiger partial charge is 0.477 e. The minimum absolute atomic E-state index is 0.0442. The monoisotopic (exact) mass is 299 g/mol. The molecular formula is C13H17NO5S. The Balaban J connectivity index is 1.96. The summed E-state index contributed by atoms with van der Waals surface area (Å²) < 4.78 is 5.32. The van der Waals surface area contributed by atoms with Crippen molar-refractivity contribution in [2.24, 2.45) is 11.3 Å². The Morgan fingerprint density at radius 2 is 2.30 bits per heavy atom. The van der Waals surface area contributed by atoms with E-state index in [4.69, 9.17) is 4.74 Å². The number of amides is 1. The normalized spacial score (nSPS) is 38.0. The van der Waals surface area contributed by atoms with Crippen LogP contribution < -0.4 is 0 Å². The summed E-state index contributed by atoms with van der Waals surface area (Å²) in [6.45, 7) is 4.39. The minimum atomic E-state index is -1.08. The van der Waals surface area contributed by atoms with E-state index in [0.29, 0.717) is 13.2 Å². The van der Waals surface area contributed by atoms with E-state index in [1.807, 2.05) is 0 Å². The molecule has 2 N–H and O–H groups in total. The van der Waals surface area contributed by atoms with Gasteiger partial charge in [0, 0.05) is 17.4 Å². The van der Waals surface area contributed by atoms with E-state index in [1.54, 1.807) is 13.8 Å². The summed E-state index contributed by atoms with van der Waals surface area (Å²) in [5, 5.41) is 19.0. The molecule has 3 rings (SSSR count). The molecule has 0 saturated carbocycles. The number of aliphatic carboxylic acids is 1. The molecule has 20 heavy (non-hydrogen) atoms. The number of nitrogens with zero attached hydrogens (tertiary/aromatic N) is 1. The molecule has 1 unspecified atom stereocenters. The smallest absolute Gasteiger partial charge is 0.353 e. The predicted octanol–water partition coefficient (Wildman–Crippen LogP) is 0.621. The first-order chi connectivity index (χ1) is 9.39. The topological polar surface area (TPSA) is 87.1 Å². The van der Waals surface area contributed by atoms with Crippen molar-refractivity contribution in [3.8, 4) is 0 Å². The predicted molar refractivity (Wildman–Crippen MR) is 71.6 cm³/mol. The first-order valence-corrected chi connectivity index (χ1v) is 7.50. The summed E-state index contributed by atoms with van der Waals surface area (Å²) in [6.07, 6.45) is -0.0304. The summed E-state index contributed by atoms with van der Waals surface area (Å²) in [6, 6.07) is 0. The highest BCUT2D eigenvalue weighted by molar-refractivity contribution is 8.04. The molecule has 0 aliphatic carbocycles. The van der Waals surface area contributed by atoms with Gasteiger partial charge < -0.3 is 14.9 Å². The van der Waals surface area contributed by atoms with Gasteiger partial charge in [-0.25, -0.2) is 4.79 Å². The maximum atomic E-state index is 12.3. The van der Waals surface area contributed by atoms with Crippen molar-refractivity contribution in [1.82, 2.24) is 4.90 Å². The number of aliphatic hydroxyl groups excluding tert-OH is 1. The lowest BCUT2D eigenvalue weighted by Gasteiger charge is -2.52. The lowest BCUT2D eigenvalue weighted by atomic mass is 9.75. The van der Waals surface area contributed by atoms with Crippen LogP contribution in [0.4, 0.5) is 0 Å². The number of carbonyl (C=O) groups excluding carboxylic acids is 1. The number of carbonyl (C=O) groups is 2. The number of carboxylic acid groups (broad SMARTS) is 1. The van der Waals surface area contributed by atoms with Crippen LogP contribution in [0.25, 0.3) is 0 Å². The van der Waals surface area contributed by atoms with Crippen LogP contribution in [0.15, 0.2) is 10.6 Å². The van der Waals surface area contributed by atoms with E-state index in [2.05, 4.69) is 0 Å². The number of aliphatic hydroxyl groups is 1. The van der Waals surface area contributed by atoms with Crippen molar-refractivity contribution in [2.45, 2.75) is 31.7 Å². The van der Waals surface area contributed by atoms with Crippen molar-refractivity contribution < 1.29 is 24.5 Å². The van der Waals surface area contributed by atoms with Gasteiger partial charge in [-0.15, -0.1) is 11.8 Å². The molecule has 3 aliphatic rings. The standard InChI is InChI=1S/C13H17NO5S/c1-6(15)13(2)11(18)14-8(10(16)17)9(20-12(13)14)7-3-4-19-5-7/h6-7,12,15H,3-5H2,1-2H3,(H,16,17)/t6-,7?,12-,13+/m1/s1. The van der Waals surface area contributed by atoms with Crippen LogP contribution in [-0.2, 0) is 14.3 Å². The molecule has 0 bridgehead atoms. The summed E-state index contributed by atoms with van der Waals surface area (Å²) in [5.41, 5.74) is -0.828. The Morgan fingerprint density at radius 1 is 1.60 bits per heavy atom. The average Bonchev–Trinajstić information content (AvgIpc) is 3.02. The molecule has 110 valence electrons. The molecule has 7 heteroatoms. The molecule has 0 spiro atoms. The zero-order chi connectivity index (χ0) is 14.7. The molecule has 2 fully saturated rings. The molecule has 4 atom stereocenters. The van der Waals surface area contributed by atoms with E-state index < -0.39 is 17.5 Å². The summed E-state index contributed by atoms with van der Waals surface area (Å²) in [7, 11) is 0. The number of ether oxygens (including phenoxy) is 1. The summed E-state index contributed by atoms with van der Waals surface area (Å²) >= 11 is 1.40. The van der Waals surface area contributed by atoms with Gasteiger partial charge in [0.05, 0.1) is 12.7 Å². The second kappa shape index (κ2) is 4.47. The second-order valence-electron chi connectivity index (χ2n) is 5.68. The Labute approximate surface area is 120 Å². The van der Waals surface area contributed by atoms with Gasteiger partial charge in [0.1, 0.15) is 16.5 Å². The van der Waals surface area contributed by atoms with E-state index in [0.717, 1.165) is 11.3 Å². The van der Waals surface area contributed by atoms with Crippen LogP contribution in [0.5, 0.6) is 0 Å². The third kappa shape index (κ3) is 1.60. The number of carboxylic acids is 1. The molecule has 0 aromatic carbocycles. The van der Waals surface area contributed by atoms with Crippen LogP contribution in [0.2, 0.25) is 0 Å². The SMILES string of the molecule is C[C@@H](O)[C@@]1(C)C(=O)N2C(C(=O)O)=C(C3CCOC3)S[C@@H]21. The highest BCUT2D eigenvalue weighted by Crippen LogP contribution is 2.58. The van der Waals surface area contributed by atoms with E-state index in [-0.39, 0.29) is 22.9 Å². The fraction of sp³-hybridized carbons (Fsp3) is 0.692. The van der Waals surface area contributed by atoms with Crippen LogP contribution in [-0.4, -0.2) is 51.7 Å². The fourth-order valence-electron chi connectivity index (χ4n) is 2.99. The molecule has 3 aliphatic heterocycles. The highest BCUT2D eigenvalue weighted by Gasteiger charge is 2.66. The minimum Gasteiger partial charge on any atom is -0.477 e. The van der Waals surface area contributed by atoms with Gasteiger partial charge in [-0.2, -0.15) is 0 Å². The average molecular weight is 299 g/mol. The maximum Gasteiger partial charge on any atom is 0.353 e. The lowest BCUT2D eigenvalue weighted by Crippen LogP contribution is -2.68. The van der Waals surface area contributed by atoms with Crippen LogP contribution in [0.1, 0.15) is 20.3 Å². The van der Waals surface area contributed by atoms with Gasteiger partial charge in [0.2, 0.25) is 5.91 Å². The van der Waals surface area contributed by atoms with Gasteiger partial charge in [-0.3, -0.25) is 9.69 Å². The van der Waals surface area contributed by atoms with Crippen molar-refractivity contribution in [1.29, 1.82) is 0 Å². The van der Waals surface area contributed by atoms with Crippen molar-refractivity contribution in [3.63, 3.8) is 0 Å². The first-order valence-electron chi connectivity index (χ1n) is 6.62. The molecule has 0 aromatic rings. The molecule has 0 aromatic heterocycles. The Kier molecular flexibility index (Phi) is 3.11. The van der Waals surface area contributed by atoms with Crippen LogP contribution in [0.3, 0.4) is 0 Å². The van der Waals surface area contributed by atoms with Gasteiger partial charge in [0.15, 0.2) is 0 Å². The van der Waals surface area contributed by atoms with Gasteiger partial charge >= 0.3 is 5.97 Å². The maximum absolute atomic E-state index is 12.3.